The molecule has 26 heavy (non-hydrogen) atoms. The summed E-state index contributed by atoms with van der Waals surface area (Å²) in [4.78, 5) is 24.6. The van der Waals surface area contributed by atoms with Crippen molar-refractivity contribution in [3.63, 3.8) is 0 Å². The molecule has 0 saturated heterocycles. The summed E-state index contributed by atoms with van der Waals surface area (Å²) in [5.41, 5.74) is 0.359. The zero-order valence-electron chi connectivity index (χ0n) is 16.1. The molecule has 5 rings (SSSR count). The Kier molecular flexibility index (Phi) is 5.02. The highest BCUT2D eigenvalue weighted by molar-refractivity contribution is 5.85. The second-order valence-corrected chi connectivity index (χ2v) is 9.93. The SMILES string of the molecule is COCC1(CNC(=O)CNC(=O)CC23CC4CC(CC(C4)C2)C3)CCC1. The van der Waals surface area contributed by atoms with Crippen molar-refractivity contribution < 1.29 is 14.3 Å². The van der Waals surface area contributed by atoms with Crippen molar-refractivity contribution in [1.29, 1.82) is 0 Å². The van der Waals surface area contributed by atoms with Gasteiger partial charge in [-0.1, -0.05) is 6.42 Å². The molecular formula is C21H34N2O3. The average Bonchev–Trinajstić information content (AvgIpc) is 2.53. The molecule has 0 aromatic carbocycles. The molecule has 5 aliphatic rings. The quantitative estimate of drug-likeness (QED) is 0.697. The fourth-order valence-corrected chi connectivity index (χ4v) is 6.79. The molecule has 0 atom stereocenters. The molecule has 5 aliphatic carbocycles. The highest BCUT2D eigenvalue weighted by Crippen LogP contribution is 2.61. The van der Waals surface area contributed by atoms with Gasteiger partial charge in [-0.2, -0.15) is 0 Å². The van der Waals surface area contributed by atoms with Gasteiger partial charge in [0, 0.05) is 25.5 Å². The molecule has 2 N–H and O–H groups in total. The maximum Gasteiger partial charge on any atom is 0.239 e. The number of rotatable bonds is 8. The first kappa shape index (κ1) is 18.3. The minimum absolute atomic E-state index is 0.0670. The summed E-state index contributed by atoms with van der Waals surface area (Å²) in [6.45, 7) is 1.46. The Morgan fingerprint density at radius 1 is 0.962 bits per heavy atom. The Morgan fingerprint density at radius 2 is 1.58 bits per heavy atom. The average molecular weight is 363 g/mol. The second kappa shape index (κ2) is 7.14. The number of carbonyl (C=O) groups is 2. The third-order valence-electron chi connectivity index (χ3n) is 7.67. The number of amides is 2. The van der Waals surface area contributed by atoms with Gasteiger partial charge in [-0.15, -0.1) is 0 Å². The van der Waals surface area contributed by atoms with Gasteiger partial charge in [0.1, 0.15) is 0 Å². The van der Waals surface area contributed by atoms with E-state index in [1.807, 2.05) is 0 Å². The van der Waals surface area contributed by atoms with Crippen molar-refractivity contribution in [3.8, 4) is 0 Å². The number of ether oxygens (including phenoxy) is 1. The number of methoxy groups -OCH3 is 1. The molecule has 5 saturated carbocycles. The minimum Gasteiger partial charge on any atom is -0.384 e. The molecule has 146 valence electrons. The lowest BCUT2D eigenvalue weighted by molar-refractivity contribution is -0.132. The van der Waals surface area contributed by atoms with Crippen LogP contribution >= 0.6 is 0 Å². The third-order valence-corrected chi connectivity index (χ3v) is 7.67. The third kappa shape index (κ3) is 3.78. The molecule has 5 fully saturated rings. The van der Waals surface area contributed by atoms with Crippen LogP contribution in [0.25, 0.3) is 0 Å². The Hall–Kier alpha value is -1.10. The van der Waals surface area contributed by atoms with Gasteiger partial charge in [-0.3, -0.25) is 9.59 Å². The molecule has 5 heteroatoms. The zero-order valence-corrected chi connectivity index (χ0v) is 16.1. The predicted octanol–water partition coefficient (Wildman–Crippen LogP) is 2.64. The molecule has 2 amide bonds. The van der Waals surface area contributed by atoms with Crippen LogP contribution in [0.1, 0.15) is 64.2 Å². The maximum absolute atomic E-state index is 12.5. The van der Waals surface area contributed by atoms with Crippen LogP contribution < -0.4 is 10.6 Å². The molecule has 5 nitrogen and oxygen atoms in total. The van der Waals surface area contributed by atoms with Crippen LogP contribution in [0.15, 0.2) is 0 Å². The Morgan fingerprint density at radius 3 is 2.08 bits per heavy atom. The number of hydrogen-bond donors (Lipinski definition) is 2. The van der Waals surface area contributed by atoms with Crippen molar-refractivity contribution in [2.75, 3.05) is 26.8 Å². The monoisotopic (exact) mass is 362 g/mol. The van der Waals surface area contributed by atoms with E-state index < -0.39 is 0 Å². The standard InChI is InChI=1S/C21H34N2O3/c1-26-14-20(3-2-4-20)13-23-19(25)12-22-18(24)11-21-8-15-5-16(9-21)7-17(6-15)10-21/h15-17H,2-14H2,1H3,(H,22,24)(H,23,25). The number of hydrogen-bond acceptors (Lipinski definition) is 3. The molecule has 0 heterocycles. The molecule has 0 aromatic heterocycles. The molecule has 0 aromatic rings. The summed E-state index contributed by atoms with van der Waals surface area (Å²) in [5.74, 6) is 2.56. The van der Waals surface area contributed by atoms with Crippen LogP contribution in [0, 0.1) is 28.6 Å². The van der Waals surface area contributed by atoms with E-state index in [0.717, 1.165) is 30.6 Å². The smallest absolute Gasteiger partial charge is 0.239 e. The van der Waals surface area contributed by atoms with E-state index in [1.54, 1.807) is 7.11 Å². The summed E-state index contributed by atoms with van der Waals surface area (Å²) < 4.78 is 5.29. The van der Waals surface area contributed by atoms with Crippen LogP contribution in [-0.2, 0) is 14.3 Å². The maximum atomic E-state index is 12.5. The van der Waals surface area contributed by atoms with Crippen molar-refractivity contribution in [3.05, 3.63) is 0 Å². The van der Waals surface area contributed by atoms with Crippen LogP contribution in [0.2, 0.25) is 0 Å². The van der Waals surface area contributed by atoms with Crippen molar-refractivity contribution >= 4 is 11.8 Å². The van der Waals surface area contributed by atoms with Crippen molar-refractivity contribution in [2.45, 2.75) is 64.2 Å². The van der Waals surface area contributed by atoms with Gasteiger partial charge in [0.2, 0.25) is 11.8 Å². The zero-order chi connectivity index (χ0) is 18.2. The molecule has 4 bridgehead atoms. The van der Waals surface area contributed by atoms with E-state index in [4.69, 9.17) is 4.74 Å². The minimum atomic E-state index is -0.0776. The van der Waals surface area contributed by atoms with E-state index in [-0.39, 0.29) is 29.2 Å². The Bertz CT molecular complexity index is 520. The van der Waals surface area contributed by atoms with Gasteiger partial charge < -0.3 is 15.4 Å². The molecule has 0 unspecified atom stereocenters. The topological polar surface area (TPSA) is 67.4 Å². The molecule has 0 aliphatic heterocycles. The van der Waals surface area contributed by atoms with Gasteiger partial charge in [0.15, 0.2) is 0 Å². The Labute approximate surface area is 157 Å². The first-order chi connectivity index (χ1) is 12.5. The van der Waals surface area contributed by atoms with E-state index in [0.29, 0.717) is 19.6 Å². The molecule has 0 spiro atoms. The van der Waals surface area contributed by atoms with E-state index in [1.165, 1.54) is 44.9 Å². The summed E-state index contributed by atoms with van der Waals surface area (Å²) in [5, 5.41) is 5.87. The van der Waals surface area contributed by atoms with E-state index in [9.17, 15) is 9.59 Å². The largest absolute Gasteiger partial charge is 0.384 e. The molecular weight excluding hydrogens is 328 g/mol. The first-order valence-corrected chi connectivity index (χ1v) is 10.5. The van der Waals surface area contributed by atoms with Crippen LogP contribution in [-0.4, -0.2) is 38.6 Å². The highest BCUT2D eigenvalue weighted by atomic mass is 16.5. The van der Waals surface area contributed by atoms with Gasteiger partial charge >= 0.3 is 0 Å². The fourth-order valence-electron chi connectivity index (χ4n) is 6.79. The highest BCUT2D eigenvalue weighted by Gasteiger charge is 2.51. The summed E-state index contributed by atoms with van der Waals surface area (Å²) in [7, 11) is 1.71. The van der Waals surface area contributed by atoms with Crippen LogP contribution in [0.5, 0.6) is 0 Å². The summed E-state index contributed by atoms with van der Waals surface area (Å²) in [6, 6.07) is 0. The van der Waals surface area contributed by atoms with Gasteiger partial charge in [0.05, 0.1) is 13.2 Å². The lowest BCUT2D eigenvalue weighted by Crippen LogP contribution is -2.49. The predicted molar refractivity (Wildman–Crippen MR) is 99.4 cm³/mol. The van der Waals surface area contributed by atoms with Gasteiger partial charge in [0.25, 0.3) is 0 Å². The lowest BCUT2D eigenvalue weighted by Gasteiger charge is -2.56. The van der Waals surface area contributed by atoms with Gasteiger partial charge in [-0.25, -0.2) is 0 Å². The molecule has 0 radical (unpaired) electrons. The first-order valence-electron chi connectivity index (χ1n) is 10.5. The number of nitrogens with one attached hydrogen (secondary N) is 2. The Balaban J connectivity index is 1.20. The summed E-state index contributed by atoms with van der Waals surface area (Å²) in [6.07, 6.45) is 11.9. The van der Waals surface area contributed by atoms with E-state index >= 15 is 0 Å². The lowest BCUT2D eigenvalue weighted by atomic mass is 9.49. The fraction of sp³-hybridized carbons (Fsp3) is 0.905. The van der Waals surface area contributed by atoms with E-state index in [2.05, 4.69) is 10.6 Å². The van der Waals surface area contributed by atoms with Crippen LogP contribution in [0.3, 0.4) is 0 Å². The second-order valence-electron chi connectivity index (χ2n) is 9.93. The van der Waals surface area contributed by atoms with Crippen molar-refractivity contribution in [1.82, 2.24) is 10.6 Å². The van der Waals surface area contributed by atoms with Gasteiger partial charge in [-0.05, 0) is 74.5 Å². The van der Waals surface area contributed by atoms with Crippen molar-refractivity contribution in [2.24, 2.45) is 28.6 Å². The normalized spacial score (nSPS) is 36.4. The summed E-state index contributed by atoms with van der Waals surface area (Å²) >= 11 is 0. The van der Waals surface area contributed by atoms with Crippen LogP contribution in [0.4, 0.5) is 0 Å². The number of carbonyl (C=O) groups excluding carboxylic acids is 2.